The summed E-state index contributed by atoms with van der Waals surface area (Å²) in [5.41, 5.74) is 1.31. The number of hydrogen-bond donors (Lipinski definition) is 0. The molecule has 76 valence electrons. The molecule has 0 unspecified atom stereocenters. The summed E-state index contributed by atoms with van der Waals surface area (Å²) in [6.45, 7) is 3.74. The van der Waals surface area contributed by atoms with Crippen molar-refractivity contribution in [1.82, 2.24) is 4.90 Å². The maximum Gasteiger partial charge on any atom is 0.0456 e. The zero-order valence-electron chi connectivity index (χ0n) is 8.49. The number of benzene rings is 1. The van der Waals surface area contributed by atoms with Gasteiger partial charge in [-0.1, -0.05) is 36.9 Å². The molecule has 0 aliphatic heterocycles. The van der Waals surface area contributed by atoms with E-state index in [0.29, 0.717) is 11.9 Å². The summed E-state index contributed by atoms with van der Waals surface area (Å²) in [6, 6.07) is 10.7. The molecule has 0 N–H and O–H groups in total. The van der Waals surface area contributed by atoms with Crippen LogP contribution in [0, 0.1) is 0 Å². The molecular formula is C12H16ClN. The summed E-state index contributed by atoms with van der Waals surface area (Å²) in [4.78, 5) is 2.06. The van der Waals surface area contributed by atoms with Gasteiger partial charge in [-0.3, -0.25) is 0 Å². The zero-order chi connectivity index (χ0) is 10.4. The first-order chi connectivity index (χ1) is 6.77. The van der Waals surface area contributed by atoms with Crippen LogP contribution in [0.2, 0.25) is 0 Å². The lowest BCUT2D eigenvalue weighted by molar-refractivity contribution is 0.354. The van der Waals surface area contributed by atoms with E-state index >= 15 is 0 Å². The number of rotatable bonds is 5. The molecule has 2 heteroatoms. The van der Waals surface area contributed by atoms with E-state index in [9.17, 15) is 0 Å². The largest absolute Gasteiger partial charge is 0.376 e. The molecule has 0 saturated heterocycles. The van der Waals surface area contributed by atoms with E-state index in [-0.39, 0.29) is 0 Å². The minimum atomic E-state index is 0.330. The highest BCUT2D eigenvalue weighted by Gasteiger charge is 2.10. The fraction of sp³-hybridized carbons (Fsp3) is 0.333. The van der Waals surface area contributed by atoms with Gasteiger partial charge in [0.25, 0.3) is 0 Å². The minimum absolute atomic E-state index is 0.330. The summed E-state index contributed by atoms with van der Waals surface area (Å²) >= 11 is 5.90. The fourth-order valence-electron chi connectivity index (χ4n) is 1.34. The smallest absolute Gasteiger partial charge is 0.0456 e. The van der Waals surface area contributed by atoms with Gasteiger partial charge in [0.15, 0.2) is 0 Å². The monoisotopic (exact) mass is 209 g/mol. The Morgan fingerprint density at radius 2 is 2.07 bits per heavy atom. The molecule has 1 nitrogen and oxygen atoms in total. The second kappa shape index (κ2) is 5.71. The Bertz CT molecular complexity index is 271. The highest BCUT2D eigenvalue weighted by Crippen LogP contribution is 2.09. The molecule has 14 heavy (non-hydrogen) atoms. The minimum Gasteiger partial charge on any atom is -0.376 e. The Labute approximate surface area is 91.0 Å². The molecule has 1 atom stereocenters. The molecule has 0 spiro atoms. The van der Waals surface area contributed by atoms with Crippen molar-refractivity contribution < 1.29 is 0 Å². The van der Waals surface area contributed by atoms with E-state index in [2.05, 4.69) is 35.7 Å². The van der Waals surface area contributed by atoms with E-state index < -0.39 is 0 Å². The summed E-state index contributed by atoms with van der Waals surface area (Å²) in [5, 5.41) is 0. The molecule has 1 rings (SSSR count). The first kappa shape index (κ1) is 11.1. The maximum atomic E-state index is 5.90. The van der Waals surface area contributed by atoms with Gasteiger partial charge in [-0.05, 0) is 18.2 Å². The molecule has 0 radical (unpaired) electrons. The molecule has 0 aliphatic carbocycles. The van der Waals surface area contributed by atoms with Crippen LogP contribution < -0.4 is 0 Å². The summed E-state index contributed by atoms with van der Waals surface area (Å²) < 4.78 is 0. The quantitative estimate of drug-likeness (QED) is 0.675. The van der Waals surface area contributed by atoms with Crippen molar-refractivity contribution in [3.8, 4) is 0 Å². The van der Waals surface area contributed by atoms with Gasteiger partial charge in [-0.25, -0.2) is 0 Å². The third-order valence-electron chi connectivity index (χ3n) is 2.36. The Morgan fingerprint density at radius 3 is 2.57 bits per heavy atom. The molecule has 0 heterocycles. The van der Waals surface area contributed by atoms with Gasteiger partial charge in [0.1, 0.15) is 0 Å². The second-order valence-electron chi connectivity index (χ2n) is 3.35. The van der Waals surface area contributed by atoms with E-state index in [1.165, 1.54) is 5.56 Å². The van der Waals surface area contributed by atoms with Crippen LogP contribution in [0.3, 0.4) is 0 Å². The van der Waals surface area contributed by atoms with Crippen LogP contribution in [0.1, 0.15) is 5.56 Å². The average molecular weight is 210 g/mol. The molecule has 1 aromatic carbocycles. The molecule has 0 aromatic heterocycles. The van der Waals surface area contributed by atoms with Gasteiger partial charge >= 0.3 is 0 Å². The number of likely N-dealkylation sites (N-methyl/N-ethyl adjacent to an activating group) is 1. The van der Waals surface area contributed by atoms with Gasteiger partial charge in [-0.15, -0.1) is 11.6 Å². The van der Waals surface area contributed by atoms with Crippen LogP contribution in [-0.4, -0.2) is 23.9 Å². The lowest BCUT2D eigenvalue weighted by Gasteiger charge is -2.24. The Kier molecular flexibility index (Phi) is 4.54. The first-order valence-electron chi connectivity index (χ1n) is 4.72. The van der Waals surface area contributed by atoms with Crippen molar-refractivity contribution in [3.63, 3.8) is 0 Å². The standard InChI is InChI=1S/C12H16ClN/c1-3-14(2)12(10-13)9-11-7-5-4-6-8-11/h3-8,12H,1,9-10H2,2H3/t12-/m0/s1. The fourth-order valence-corrected chi connectivity index (χ4v) is 1.67. The number of alkyl halides is 1. The Morgan fingerprint density at radius 1 is 1.43 bits per heavy atom. The average Bonchev–Trinajstić information content (AvgIpc) is 2.26. The third kappa shape index (κ3) is 3.08. The third-order valence-corrected chi connectivity index (χ3v) is 2.71. The molecule has 0 fully saturated rings. The van der Waals surface area contributed by atoms with Crippen LogP contribution in [0.15, 0.2) is 43.1 Å². The van der Waals surface area contributed by atoms with Crippen molar-refractivity contribution in [2.24, 2.45) is 0 Å². The Balaban J connectivity index is 2.61. The summed E-state index contributed by atoms with van der Waals surface area (Å²) in [7, 11) is 2.00. The van der Waals surface area contributed by atoms with Gasteiger partial charge in [0.05, 0.1) is 0 Å². The van der Waals surface area contributed by atoms with Gasteiger partial charge in [-0.2, -0.15) is 0 Å². The molecule has 0 aliphatic rings. The number of halogens is 1. The molecule has 0 bridgehead atoms. The normalized spacial score (nSPS) is 12.1. The lowest BCUT2D eigenvalue weighted by atomic mass is 10.1. The van der Waals surface area contributed by atoms with Crippen molar-refractivity contribution in [2.75, 3.05) is 12.9 Å². The van der Waals surface area contributed by atoms with E-state index in [0.717, 1.165) is 6.42 Å². The second-order valence-corrected chi connectivity index (χ2v) is 3.65. The van der Waals surface area contributed by atoms with E-state index in [1.807, 2.05) is 19.3 Å². The van der Waals surface area contributed by atoms with E-state index in [4.69, 9.17) is 11.6 Å². The van der Waals surface area contributed by atoms with Crippen LogP contribution in [0.25, 0.3) is 0 Å². The van der Waals surface area contributed by atoms with Crippen LogP contribution in [0.4, 0.5) is 0 Å². The van der Waals surface area contributed by atoms with Crippen LogP contribution in [-0.2, 0) is 6.42 Å². The summed E-state index contributed by atoms with van der Waals surface area (Å²) in [6.07, 6.45) is 2.78. The molecule has 0 saturated carbocycles. The summed E-state index contributed by atoms with van der Waals surface area (Å²) in [5.74, 6) is 0.622. The van der Waals surface area contributed by atoms with Crippen LogP contribution in [0.5, 0.6) is 0 Å². The van der Waals surface area contributed by atoms with Crippen molar-refractivity contribution in [1.29, 1.82) is 0 Å². The first-order valence-corrected chi connectivity index (χ1v) is 5.25. The lowest BCUT2D eigenvalue weighted by Crippen LogP contribution is -2.30. The molecular weight excluding hydrogens is 194 g/mol. The highest BCUT2D eigenvalue weighted by molar-refractivity contribution is 6.18. The maximum absolute atomic E-state index is 5.90. The van der Waals surface area contributed by atoms with Gasteiger partial charge in [0.2, 0.25) is 0 Å². The van der Waals surface area contributed by atoms with Crippen LogP contribution >= 0.6 is 11.6 Å². The van der Waals surface area contributed by atoms with E-state index in [1.54, 1.807) is 0 Å². The van der Waals surface area contributed by atoms with Crippen molar-refractivity contribution in [2.45, 2.75) is 12.5 Å². The van der Waals surface area contributed by atoms with Gasteiger partial charge < -0.3 is 4.90 Å². The number of hydrogen-bond acceptors (Lipinski definition) is 1. The number of nitrogens with zero attached hydrogens (tertiary/aromatic N) is 1. The predicted molar refractivity (Wildman–Crippen MR) is 62.6 cm³/mol. The molecule has 0 amide bonds. The zero-order valence-corrected chi connectivity index (χ0v) is 9.24. The SMILES string of the molecule is C=CN(C)[C@H](CCl)Cc1ccccc1. The predicted octanol–water partition coefficient (Wildman–Crippen LogP) is 2.91. The topological polar surface area (TPSA) is 3.24 Å². The van der Waals surface area contributed by atoms with Gasteiger partial charge in [0, 0.05) is 19.0 Å². The van der Waals surface area contributed by atoms with Crippen molar-refractivity contribution >= 4 is 11.6 Å². The highest BCUT2D eigenvalue weighted by atomic mass is 35.5. The van der Waals surface area contributed by atoms with Crippen molar-refractivity contribution in [3.05, 3.63) is 48.7 Å². The molecule has 1 aromatic rings. The Hall–Kier alpha value is -0.950.